The third-order valence-corrected chi connectivity index (χ3v) is 9.70. The lowest BCUT2D eigenvalue weighted by Crippen LogP contribution is -2.01. The van der Waals surface area contributed by atoms with Crippen LogP contribution in [-0.4, -0.2) is 15.0 Å². The highest BCUT2D eigenvalue weighted by atomic mass is 16.3. The zero-order valence-corrected chi connectivity index (χ0v) is 27.5. The maximum absolute atomic E-state index is 6.53. The highest BCUT2D eigenvalue weighted by molar-refractivity contribution is 6.19. The molecule has 0 aliphatic carbocycles. The lowest BCUT2D eigenvalue weighted by atomic mass is 9.95. The van der Waals surface area contributed by atoms with Crippen molar-refractivity contribution in [1.29, 1.82) is 0 Å². The van der Waals surface area contributed by atoms with Crippen LogP contribution in [0, 0.1) is 0 Å². The summed E-state index contributed by atoms with van der Waals surface area (Å²) in [5, 5.41) is 6.42. The van der Waals surface area contributed by atoms with E-state index >= 15 is 0 Å². The lowest BCUT2D eigenvalue weighted by molar-refractivity contribution is 0.672. The van der Waals surface area contributed by atoms with Crippen molar-refractivity contribution < 1.29 is 4.42 Å². The summed E-state index contributed by atoms with van der Waals surface area (Å²) in [4.78, 5) is 15.7. The summed E-state index contributed by atoms with van der Waals surface area (Å²) in [6.07, 6.45) is 0. The molecule has 4 heteroatoms. The van der Waals surface area contributed by atoms with Gasteiger partial charge in [-0.05, 0) is 74.8 Å². The molecule has 2 aromatic heterocycles. The van der Waals surface area contributed by atoms with Gasteiger partial charge >= 0.3 is 0 Å². The summed E-state index contributed by atoms with van der Waals surface area (Å²) in [5.41, 5.74) is 8.98. The van der Waals surface area contributed by atoms with Gasteiger partial charge in [0.1, 0.15) is 11.2 Å². The molecule has 0 atom stereocenters. The van der Waals surface area contributed by atoms with E-state index in [9.17, 15) is 0 Å². The van der Waals surface area contributed by atoms with Crippen LogP contribution in [0.2, 0.25) is 0 Å². The summed E-state index contributed by atoms with van der Waals surface area (Å²) in [5.74, 6) is 1.84. The lowest BCUT2D eigenvalue weighted by Gasteiger charge is -2.13. The van der Waals surface area contributed by atoms with Crippen LogP contribution >= 0.6 is 0 Å². The van der Waals surface area contributed by atoms with Gasteiger partial charge in [0.2, 0.25) is 0 Å². The van der Waals surface area contributed by atoms with Gasteiger partial charge < -0.3 is 4.42 Å². The molecule has 0 bridgehead atoms. The van der Waals surface area contributed by atoms with E-state index in [1.165, 1.54) is 5.39 Å². The first-order valence-corrected chi connectivity index (χ1v) is 17.1. The Kier molecular flexibility index (Phi) is 6.78. The fourth-order valence-electron chi connectivity index (χ4n) is 7.14. The predicted octanol–water partition coefficient (Wildman–Crippen LogP) is 12.4. The zero-order chi connectivity index (χ0) is 33.7. The largest absolute Gasteiger partial charge is 0.455 e. The topological polar surface area (TPSA) is 51.8 Å². The van der Waals surface area contributed by atoms with E-state index in [1.54, 1.807) is 0 Å². The van der Waals surface area contributed by atoms with Gasteiger partial charge in [-0.15, -0.1) is 0 Å². The average Bonchev–Trinajstić information content (AvgIpc) is 3.59. The fourth-order valence-corrected chi connectivity index (χ4v) is 7.14. The van der Waals surface area contributed by atoms with Crippen LogP contribution in [-0.2, 0) is 0 Å². The first-order chi connectivity index (χ1) is 25.2. The van der Waals surface area contributed by atoms with E-state index in [2.05, 4.69) is 152 Å². The van der Waals surface area contributed by atoms with Crippen LogP contribution in [0.3, 0.4) is 0 Å². The molecular weight excluding hydrogens is 623 g/mol. The van der Waals surface area contributed by atoms with Crippen LogP contribution in [0.15, 0.2) is 180 Å². The number of hydrogen-bond donors (Lipinski definition) is 0. The number of fused-ring (bicyclic) bond motifs is 6. The maximum Gasteiger partial charge on any atom is 0.164 e. The van der Waals surface area contributed by atoms with Crippen molar-refractivity contribution in [1.82, 2.24) is 15.0 Å². The molecule has 0 amide bonds. The molecule has 0 N–H and O–H groups in total. The predicted molar refractivity (Wildman–Crippen MR) is 209 cm³/mol. The molecule has 2 heterocycles. The molecule has 0 saturated heterocycles. The summed E-state index contributed by atoms with van der Waals surface area (Å²) >= 11 is 0. The van der Waals surface area contributed by atoms with Gasteiger partial charge in [0.15, 0.2) is 17.5 Å². The number of benzene rings is 8. The first kappa shape index (κ1) is 29.0. The third kappa shape index (κ3) is 5.13. The SMILES string of the molecule is c1ccc(-c2cccc(-c3nc(-c4ccc5ccccc5c4)nc(-c4cc5c6ccccc6oc5c5ccc(-c6ccccc6)cc45)n3)c2)cc1. The summed E-state index contributed by atoms with van der Waals surface area (Å²) < 4.78 is 6.53. The van der Waals surface area contributed by atoms with Crippen LogP contribution in [0.1, 0.15) is 0 Å². The van der Waals surface area contributed by atoms with E-state index in [0.29, 0.717) is 17.5 Å². The number of para-hydroxylation sites is 1. The van der Waals surface area contributed by atoms with Crippen molar-refractivity contribution >= 4 is 43.5 Å². The van der Waals surface area contributed by atoms with Gasteiger partial charge in [-0.1, -0.05) is 140 Å². The van der Waals surface area contributed by atoms with E-state index in [-0.39, 0.29) is 0 Å². The van der Waals surface area contributed by atoms with Crippen molar-refractivity contribution in [2.45, 2.75) is 0 Å². The van der Waals surface area contributed by atoms with Gasteiger partial charge in [-0.2, -0.15) is 0 Å². The van der Waals surface area contributed by atoms with Gasteiger partial charge in [0.05, 0.1) is 0 Å². The second-order valence-corrected chi connectivity index (χ2v) is 12.8. The molecule has 4 nitrogen and oxygen atoms in total. The molecule has 0 aliphatic heterocycles. The van der Waals surface area contributed by atoms with Crippen molar-refractivity contribution in [3.63, 3.8) is 0 Å². The van der Waals surface area contributed by atoms with Crippen molar-refractivity contribution in [3.05, 3.63) is 176 Å². The Labute approximate surface area is 294 Å². The highest BCUT2D eigenvalue weighted by Gasteiger charge is 2.20. The Balaban J connectivity index is 1.26. The molecule has 0 spiro atoms. The molecule has 0 aliphatic rings. The van der Waals surface area contributed by atoms with Crippen LogP contribution in [0.25, 0.3) is 99.9 Å². The maximum atomic E-state index is 6.53. The van der Waals surface area contributed by atoms with E-state index < -0.39 is 0 Å². The summed E-state index contributed by atoms with van der Waals surface area (Å²) in [6.45, 7) is 0. The minimum Gasteiger partial charge on any atom is -0.455 e. The van der Waals surface area contributed by atoms with Gasteiger partial charge in [-0.25, -0.2) is 15.0 Å². The molecular formula is C47H29N3O. The second kappa shape index (κ2) is 11.9. The Morgan fingerprint density at radius 3 is 1.69 bits per heavy atom. The van der Waals surface area contributed by atoms with E-state index in [4.69, 9.17) is 19.4 Å². The molecule has 51 heavy (non-hydrogen) atoms. The summed E-state index contributed by atoms with van der Waals surface area (Å²) in [7, 11) is 0. The third-order valence-electron chi connectivity index (χ3n) is 9.70. The monoisotopic (exact) mass is 651 g/mol. The Hall–Kier alpha value is -6.91. The van der Waals surface area contributed by atoms with Gasteiger partial charge in [-0.3, -0.25) is 0 Å². The van der Waals surface area contributed by atoms with E-state index in [1.807, 2.05) is 24.3 Å². The molecule has 8 aromatic carbocycles. The van der Waals surface area contributed by atoms with Gasteiger partial charge in [0, 0.05) is 32.8 Å². The Bertz CT molecular complexity index is 2910. The molecule has 0 unspecified atom stereocenters. The zero-order valence-electron chi connectivity index (χ0n) is 27.5. The van der Waals surface area contributed by atoms with Crippen molar-refractivity contribution in [2.24, 2.45) is 0 Å². The number of furan rings is 1. The average molecular weight is 652 g/mol. The van der Waals surface area contributed by atoms with Gasteiger partial charge in [0.25, 0.3) is 0 Å². The molecule has 0 saturated carbocycles. The Morgan fingerprint density at radius 2 is 0.902 bits per heavy atom. The van der Waals surface area contributed by atoms with Crippen LogP contribution < -0.4 is 0 Å². The first-order valence-electron chi connectivity index (χ1n) is 17.1. The molecule has 238 valence electrons. The van der Waals surface area contributed by atoms with Crippen LogP contribution in [0.5, 0.6) is 0 Å². The highest BCUT2D eigenvalue weighted by Crippen LogP contribution is 2.41. The molecule has 0 radical (unpaired) electrons. The number of hydrogen-bond acceptors (Lipinski definition) is 4. The Morgan fingerprint density at radius 1 is 0.314 bits per heavy atom. The standard InChI is InChI=1S/C47H29N3O/c1-3-12-30(13-4-1)34-18-11-19-36(26-34)45-48-46(37-23-22-32-16-7-8-17-33(32)27-37)50-47(49-45)42-29-41-38-20-9-10-21-43(38)51-44(41)39-25-24-35(28-40(39)42)31-14-5-2-6-15-31/h1-29H. The summed E-state index contributed by atoms with van der Waals surface area (Å²) in [6, 6.07) is 61.1. The normalized spacial score (nSPS) is 11.5. The van der Waals surface area contributed by atoms with Crippen molar-refractivity contribution in [2.75, 3.05) is 0 Å². The molecule has 0 fully saturated rings. The fraction of sp³-hybridized carbons (Fsp3) is 0. The second-order valence-electron chi connectivity index (χ2n) is 12.8. The number of nitrogens with zero attached hydrogens (tertiary/aromatic N) is 3. The van der Waals surface area contributed by atoms with Crippen molar-refractivity contribution in [3.8, 4) is 56.4 Å². The number of aromatic nitrogens is 3. The smallest absolute Gasteiger partial charge is 0.164 e. The van der Waals surface area contributed by atoms with E-state index in [0.717, 1.165) is 77.0 Å². The minimum absolute atomic E-state index is 0.607. The number of rotatable bonds is 5. The molecule has 10 rings (SSSR count). The quantitative estimate of drug-likeness (QED) is 0.186. The molecule has 10 aromatic rings. The van der Waals surface area contributed by atoms with Crippen LogP contribution in [0.4, 0.5) is 0 Å². The minimum atomic E-state index is 0.607.